The summed E-state index contributed by atoms with van der Waals surface area (Å²) in [6, 6.07) is 17.2. The summed E-state index contributed by atoms with van der Waals surface area (Å²) < 4.78 is 0. The third-order valence-corrected chi connectivity index (χ3v) is 3.56. The van der Waals surface area contributed by atoms with Gasteiger partial charge in [-0.25, -0.2) is 0 Å². The van der Waals surface area contributed by atoms with Gasteiger partial charge in [-0.05, 0) is 29.3 Å². The fourth-order valence-electron chi connectivity index (χ4n) is 2.43. The average Bonchev–Trinajstić information content (AvgIpc) is 2.47. The SMILES string of the molecule is CCN(CCC#N)CCc1cccc2ccccc12. The maximum Gasteiger partial charge on any atom is 0.0635 e. The average molecular weight is 252 g/mol. The Kier molecular flexibility index (Phi) is 4.94. The van der Waals surface area contributed by atoms with Crippen molar-refractivity contribution in [1.29, 1.82) is 5.26 Å². The van der Waals surface area contributed by atoms with Gasteiger partial charge < -0.3 is 4.90 Å². The van der Waals surface area contributed by atoms with Crippen LogP contribution in [-0.4, -0.2) is 24.5 Å². The molecule has 0 unspecified atom stereocenters. The van der Waals surface area contributed by atoms with Crippen LogP contribution < -0.4 is 0 Å². The van der Waals surface area contributed by atoms with E-state index in [-0.39, 0.29) is 0 Å². The molecule has 2 aromatic carbocycles. The minimum absolute atomic E-state index is 0.614. The zero-order valence-electron chi connectivity index (χ0n) is 11.5. The second-order valence-corrected chi connectivity index (χ2v) is 4.73. The van der Waals surface area contributed by atoms with E-state index in [0.717, 1.165) is 26.1 Å². The summed E-state index contributed by atoms with van der Waals surface area (Å²) in [6.45, 7) is 5.05. The van der Waals surface area contributed by atoms with Gasteiger partial charge in [-0.2, -0.15) is 5.26 Å². The molecule has 2 heteroatoms. The zero-order chi connectivity index (χ0) is 13.5. The number of benzene rings is 2. The minimum atomic E-state index is 0.614. The van der Waals surface area contributed by atoms with Crippen molar-refractivity contribution in [3.05, 3.63) is 48.0 Å². The molecule has 0 aliphatic rings. The van der Waals surface area contributed by atoms with Crippen LogP contribution in [0, 0.1) is 11.3 Å². The third kappa shape index (κ3) is 3.56. The van der Waals surface area contributed by atoms with Crippen LogP contribution in [0.1, 0.15) is 18.9 Å². The molecule has 0 saturated carbocycles. The smallest absolute Gasteiger partial charge is 0.0635 e. The van der Waals surface area contributed by atoms with Crippen molar-refractivity contribution in [2.75, 3.05) is 19.6 Å². The highest BCUT2D eigenvalue weighted by molar-refractivity contribution is 5.85. The summed E-state index contributed by atoms with van der Waals surface area (Å²) in [7, 11) is 0. The van der Waals surface area contributed by atoms with E-state index in [0.29, 0.717) is 6.42 Å². The second-order valence-electron chi connectivity index (χ2n) is 4.73. The van der Waals surface area contributed by atoms with E-state index < -0.39 is 0 Å². The summed E-state index contributed by atoms with van der Waals surface area (Å²) in [5.74, 6) is 0. The highest BCUT2D eigenvalue weighted by Crippen LogP contribution is 2.19. The van der Waals surface area contributed by atoms with Crippen molar-refractivity contribution in [1.82, 2.24) is 4.90 Å². The van der Waals surface area contributed by atoms with Gasteiger partial charge in [-0.15, -0.1) is 0 Å². The van der Waals surface area contributed by atoms with Gasteiger partial charge in [0.25, 0.3) is 0 Å². The Labute approximate surface area is 115 Å². The Balaban J connectivity index is 2.07. The number of hydrogen-bond acceptors (Lipinski definition) is 2. The van der Waals surface area contributed by atoms with E-state index in [2.05, 4.69) is 60.4 Å². The third-order valence-electron chi connectivity index (χ3n) is 3.56. The van der Waals surface area contributed by atoms with Crippen molar-refractivity contribution >= 4 is 10.8 Å². The highest BCUT2D eigenvalue weighted by atomic mass is 15.1. The van der Waals surface area contributed by atoms with Crippen molar-refractivity contribution in [3.8, 4) is 6.07 Å². The van der Waals surface area contributed by atoms with Gasteiger partial charge in [-0.1, -0.05) is 49.4 Å². The second kappa shape index (κ2) is 6.92. The van der Waals surface area contributed by atoms with Crippen molar-refractivity contribution < 1.29 is 0 Å². The van der Waals surface area contributed by atoms with Crippen LogP contribution in [0.4, 0.5) is 0 Å². The summed E-state index contributed by atoms with van der Waals surface area (Å²) in [6.07, 6.45) is 1.66. The van der Waals surface area contributed by atoms with E-state index in [9.17, 15) is 0 Å². The number of likely N-dealkylation sites (N-methyl/N-ethyl adjacent to an activating group) is 1. The van der Waals surface area contributed by atoms with E-state index in [1.165, 1.54) is 16.3 Å². The summed E-state index contributed by atoms with van der Waals surface area (Å²) in [5.41, 5.74) is 1.40. The highest BCUT2D eigenvalue weighted by Gasteiger charge is 2.04. The standard InChI is InChI=1S/C17H20N2/c1-2-19(13-6-12-18)14-11-16-9-5-8-15-7-3-4-10-17(15)16/h3-5,7-10H,2,6,11,13-14H2,1H3. The number of fused-ring (bicyclic) bond motifs is 1. The molecular formula is C17H20N2. The van der Waals surface area contributed by atoms with Gasteiger partial charge in [0.05, 0.1) is 6.07 Å². The Bertz CT molecular complexity index is 563. The lowest BCUT2D eigenvalue weighted by Crippen LogP contribution is -2.26. The first-order valence-corrected chi connectivity index (χ1v) is 6.91. The van der Waals surface area contributed by atoms with Gasteiger partial charge in [0.2, 0.25) is 0 Å². The molecule has 0 aromatic heterocycles. The van der Waals surface area contributed by atoms with E-state index >= 15 is 0 Å². The molecular weight excluding hydrogens is 232 g/mol. The lowest BCUT2D eigenvalue weighted by Gasteiger charge is -2.19. The van der Waals surface area contributed by atoms with Crippen LogP contribution in [0.15, 0.2) is 42.5 Å². The van der Waals surface area contributed by atoms with Gasteiger partial charge in [0, 0.05) is 19.5 Å². The molecule has 0 aliphatic carbocycles. The molecule has 0 amide bonds. The molecule has 0 atom stereocenters. The molecule has 2 aromatic rings. The Morgan fingerprint density at radius 1 is 1.05 bits per heavy atom. The first-order valence-electron chi connectivity index (χ1n) is 6.91. The van der Waals surface area contributed by atoms with E-state index in [4.69, 9.17) is 5.26 Å². The van der Waals surface area contributed by atoms with Crippen LogP contribution in [-0.2, 0) is 6.42 Å². The number of rotatable bonds is 6. The lowest BCUT2D eigenvalue weighted by atomic mass is 10.0. The molecule has 2 rings (SSSR count). The molecule has 98 valence electrons. The zero-order valence-corrected chi connectivity index (χ0v) is 11.5. The molecule has 2 nitrogen and oxygen atoms in total. The summed E-state index contributed by atoms with van der Waals surface area (Å²) in [4.78, 5) is 2.34. The van der Waals surface area contributed by atoms with Gasteiger partial charge >= 0.3 is 0 Å². The van der Waals surface area contributed by atoms with E-state index in [1.807, 2.05) is 0 Å². The van der Waals surface area contributed by atoms with E-state index in [1.54, 1.807) is 0 Å². The quantitative estimate of drug-likeness (QED) is 0.785. The molecule has 0 saturated heterocycles. The molecule has 0 aliphatic heterocycles. The maximum absolute atomic E-state index is 8.66. The maximum atomic E-state index is 8.66. The molecule has 0 fully saturated rings. The van der Waals surface area contributed by atoms with Crippen LogP contribution in [0.2, 0.25) is 0 Å². The first-order chi connectivity index (χ1) is 9.35. The largest absolute Gasteiger partial charge is 0.302 e. The summed E-state index contributed by atoms with van der Waals surface area (Å²) >= 11 is 0. The molecule has 0 radical (unpaired) electrons. The normalized spacial score (nSPS) is 10.8. The predicted molar refractivity (Wildman–Crippen MR) is 80.0 cm³/mol. The van der Waals surface area contributed by atoms with Gasteiger partial charge in [0.1, 0.15) is 0 Å². The van der Waals surface area contributed by atoms with Crippen molar-refractivity contribution in [2.45, 2.75) is 19.8 Å². The minimum Gasteiger partial charge on any atom is -0.302 e. The molecule has 0 bridgehead atoms. The van der Waals surface area contributed by atoms with Crippen LogP contribution >= 0.6 is 0 Å². The predicted octanol–water partition coefficient (Wildman–Crippen LogP) is 3.62. The summed E-state index contributed by atoms with van der Waals surface area (Å²) in [5, 5.41) is 11.3. The lowest BCUT2D eigenvalue weighted by molar-refractivity contribution is 0.299. The molecule has 19 heavy (non-hydrogen) atoms. The fourth-order valence-corrected chi connectivity index (χ4v) is 2.43. The topological polar surface area (TPSA) is 27.0 Å². The first kappa shape index (κ1) is 13.6. The molecule has 0 N–H and O–H groups in total. The van der Waals surface area contributed by atoms with Crippen LogP contribution in [0.5, 0.6) is 0 Å². The van der Waals surface area contributed by atoms with Crippen molar-refractivity contribution in [2.24, 2.45) is 0 Å². The Hall–Kier alpha value is -1.85. The number of nitriles is 1. The number of nitrogens with zero attached hydrogens (tertiary/aromatic N) is 2. The van der Waals surface area contributed by atoms with Gasteiger partial charge in [0.15, 0.2) is 0 Å². The fraction of sp³-hybridized carbons (Fsp3) is 0.353. The van der Waals surface area contributed by atoms with Gasteiger partial charge in [-0.3, -0.25) is 0 Å². The number of hydrogen-bond donors (Lipinski definition) is 0. The Morgan fingerprint density at radius 3 is 2.63 bits per heavy atom. The monoisotopic (exact) mass is 252 g/mol. The molecule has 0 spiro atoms. The molecule has 0 heterocycles. The van der Waals surface area contributed by atoms with Crippen LogP contribution in [0.3, 0.4) is 0 Å². The van der Waals surface area contributed by atoms with Crippen molar-refractivity contribution in [3.63, 3.8) is 0 Å². The Morgan fingerprint density at radius 2 is 1.84 bits per heavy atom. The van der Waals surface area contributed by atoms with Crippen LogP contribution in [0.25, 0.3) is 10.8 Å².